The number of anilines is 1. The third-order valence-electron chi connectivity index (χ3n) is 2.88. The SMILES string of the molecule is Cc1nnc(NCCS(=O)(=O)N(C)C)c(C(=O)O)c1C. The van der Waals surface area contributed by atoms with Gasteiger partial charge in [-0.25, -0.2) is 17.5 Å². The molecule has 0 fully saturated rings. The Morgan fingerprint density at radius 1 is 1.30 bits per heavy atom. The average Bonchev–Trinajstić information content (AvgIpc) is 2.32. The van der Waals surface area contributed by atoms with Crippen molar-refractivity contribution in [3.8, 4) is 0 Å². The van der Waals surface area contributed by atoms with E-state index in [2.05, 4.69) is 15.5 Å². The third-order valence-corrected chi connectivity index (χ3v) is 4.71. The van der Waals surface area contributed by atoms with Crippen molar-refractivity contribution in [2.75, 3.05) is 31.7 Å². The number of carbonyl (C=O) groups is 1. The minimum absolute atomic E-state index is 0.0137. The molecular weight excluding hydrogens is 284 g/mol. The minimum Gasteiger partial charge on any atom is -0.478 e. The number of carboxylic acids is 1. The summed E-state index contributed by atoms with van der Waals surface area (Å²) in [5.41, 5.74) is 1.04. The number of sulfonamides is 1. The molecule has 1 rings (SSSR count). The van der Waals surface area contributed by atoms with E-state index < -0.39 is 16.0 Å². The quantitative estimate of drug-likeness (QED) is 0.766. The zero-order valence-electron chi connectivity index (χ0n) is 11.8. The molecular formula is C11H18N4O4S. The van der Waals surface area contributed by atoms with Gasteiger partial charge in [-0.15, -0.1) is 5.10 Å². The van der Waals surface area contributed by atoms with Crippen molar-refractivity contribution in [1.82, 2.24) is 14.5 Å². The summed E-state index contributed by atoms with van der Waals surface area (Å²) in [5.74, 6) is -1.21. The Balaban J connectivity index is 2.90. The second kappa shape index (κ2) is 6.14. The van der Waals surface area contributed by atoms with Crippen LogP contribution in [0.1, 0.15) is 21.6 Å². The maximum Gasteiger partial charge on any atom is 0.339 e. The first-order chi connectivity index (χ1) is 9.16. The standard InChI is InChI=1S/C11H18N4O4S/c1-7-8(2)13-14-10(9(7)11(16)17)12-5-6-20(18,19)15(3)4/h5-6H2,1-4H3,(H,12,14)(H,16,17). The average molecular weight is 302 g/mol. The minimum atomic E-state index is -3.34. The van der Waals surface area contributed by atoms with Crippen molar-refractivity contribution >= 4 is 21.8 Å². The summed E-state index contributed by atoms with van der Waals surface area (Å²) in [4.78, 5) is 11.2. The highest BCUT2D eigenvalue weighted by molar-refractivity contribution is 7.89. The van der Waals surface area contributed by atoms with Gasteiger partial charge in [-0.05, 0) is 19.4 Å². The molecule has 112 valence electrons. The number of rotatable bonds is 6. The zero-order chi connectivity index (χ0) is 15.5. The van der Waals surface area contributed by atoms with Crippen LogP contribution in [0.25, 0.3) is 0 Å². The number of hydrogen-bond acceptors (Lipinski definition) is 6. The highest BCUT2D eigenvalue weighted by atomic mass is 32.2. The molecule has 0 atom stereocenters. The summed E-state index contributed by atoms with van der Waals surface area (Å²) in [6.07, 6.45) is 0. The molecule has 0 bridgehead atoms. The Kier molecular flexibility index (Phi) is 5.01. The first-order valence-electron chi connectivity index (χ1n) is 5.88. The summed E-state index contributed by atoms with van der Waals surface area (Å²) in [6.45, 7) is 3.35. The molecule has 0 radical (unpaired) electrons. The predicted molar refractivity (Wildman–Crippen MR) is 74.4 cm³/mol. The van der Waals surface area contributed by atoms with Gasteiger partial charge in [-0.1, -0.05) is 0 Å². The van der Waals surface area contributed by atoms with Crippen molar-refractivity contribution < 1.29 is 18.3 Å². The van der Waals surface area contributed by atoms with Gasteiger partial charge in [0.2, 0.25) is 10.0 Å². The van der Waals surface area contributed by atoms with E-state index in [-0.39, 0.29) is 23.7 Å². The van der Waals surface area contributed by atoms with Crippen molar-refractivity contribution in [2.45, 2.75) is 13.8 Å². The molecule has 1 aromatic heterocycles. The van der Waals surface area contributed by atoms with Crippen LogP contribution in [-0.2, 0) is 10.0 Å². The summed E-state index contributed by atoms with van der Waals surface area (Å²) in [6, 6.07) is 0. The summed E-state index contributed by atoms with van der Waals surface area (Å²) in [7, 11) is -0.468. The van der Waals surface area contributed by atoms with Crippen LogP contribution in [0.3, 0.4) is 0 Å². The summed E-state index contributed by atoms with van der Waals surface area (Å²) < 4.78 is 24.3. The van der Waals surface area contributed by atoms with Gasteiger partial charge in [0.1, 0.15) is 5.56 Å². The van der Waals surface area contributed by atoms with E-state index in [1.807, 2.05) is 0 Å². The Morgan fingerprint density at radius 3 is 2.40 bits per heavy atom. The normalized spacial score (nSPS) is 11.7. The molecule has 2 N–H and O–H groups in total. The Hall–Kier alpha value is -1.74. The van der Waals surface area contributed by atoms with Crippen molar-refractivity contribution in [1.29, 1.82) is 0 Å². The molecule has 0 saturated carbocycles. The van der Waals surface area contributed by atoms with E-state index in [0.717, 1.165) is 4.31 Å². The third kappa shape index (κ3) is 3.64. The lowest BCUT2D eigenvalue weighted by molar-refractivity contribution is 0.0696. The fraction of sp³-hybridized carbons (Fsp3) is 0.545. The van der Waals surface area contributed by atoms with E-state index in [9.17, 15) is 18.3 Å². The summed E-state index contributed by atoms with van der Waals surface area (Å²) >= 11 is 0. The molecule has 0 unspecified atom stereocenters. The summed E-state index contributed by atoms with van der Waals surface area (Å²) in [5, 5.41) is 19.5. The van der Waals surface area contributed by atoms with Crippen molar-refractivity contribution in [2.24, 2.45) is 0 Å². The van der Waals surface area contributed by atoms with Gasteiger partial charge in [0.25, 0.3) is 0 Å². The molecule has 20 heavy (non-hydrogen) atoms. The Labute approximate surface area is 117 Å². The van der Waals surface area contributed by atoms with Gasteiger partial charge in [0.05, 0.1) is 11.4 Å². The van der Waals surface area contributed by atoms with Crippen LogP contribution in [0.15, 0.2) is 0 Å². The van der Waals surface area contributed by atoms with Gasteiger partial charge in [0.15, 0.2) is 5.82 Å². The first-order valence-corrected chi connectivity index (χ1v) is 7.49. The smallest absolute Gasteiger partial charge is 0.339 e. The van der Waals surface area contributed by atoms with Gasteiger partial charge in [-0.3, -0.25) is 0 Å². The molecule has 1 heterocycles. The predicted octanol–water partition coefficient (Wildman–Crippen LogP) is 0.0949. The number of hydrogen-bond donors (Lipinski definition) is 2. The zero-order valence-corrected chi connectivity index (χ0v) is 12.7. The number of nitrogens with one attached hydrogen (secondary N) is 1. The van der Waals surface area contributed by atoms with Crippen molar-refractivity contribution in [3.05, 3.63) is 16.8 Å². The number of aryl methyl sites for hydroxylation is 1. The van der Waals surface area contributed by atoms with Crippen LogP contribution in [0.2, 0.25) is 0 Å². The molecule has 9 heteroatoms. The van der Waals surface area contributed by atoms with Gasteiger partial charge < -0.3 is 10.4 Å². The highest BCUT2D eigenvalue weighted by Crippen LogP contribution is 2.18. The molecule has 0 saturated heterocycles. The second-order valence-electron chi connectivity index (χ2n) is 4.46. The molecule has 0 aliphatic heterocycles. The van der Waals surface area contributed by atoms with Crippen LogP contribution < -0.4 is 5.32 Å². The Bertz CT molecular complexity index is 613. The monoisotopic (exact) mass is 302 g/mol. The van der Waals surface area contributed by atoms with Crippen molar-refractivity contribution in [3.63, 3.8) is 0 Å². The lowest BCUT2D eigenvalue weighted by atomic mass is 10.1. The van der Waals surface area contributed by atoms with Crippen LogP contribution in [0.5, 0.6) is 0 Å². The number of aromatic carboxylic acids is 1. The van der Waals surface area contributed by atoms with Crippen LogP contribution in [0.4, 0.5) is 5.82 Å². The highest BCUT2D eigenvalue weighted by Gasteiger charge is 2.19. The lowest BCUT2D eigenvalue weighted by Gasteiger charge is -2.13. The molecule has 0 spiro atoms. The number of carboxylic acid groups (broad SMARTS) is 1. The number of nitrogens with zero attached hydrogens (tertiary/aromatic N) is 3. The van der Waals surface area contributed by atoms with Gasteiger partial charge in [0, 0.05) is 20.6 Å². The van der Waals surface area contributed by atoms with Crippen LogP contribution in [0, 0.1) is 13.8 Å². The second-order valence-corrected chi connectivity index (χ2v) is 6.77. The fourth-order valence-electron chi connectivity index (χ4n) is 1.47. The van der Waals surface area contributed by atoms with E-state index >= 15 is 0 Å². The largest absolute Gasteiger partial charge is 0.478 e. The maximum absolute atomic E-state index is 11.6. The lowest BCUT2D eigenvalue weighted by Crippen LogP contribution is -2.29. The van der Waals surface area contributed by atoms with Crippen LogP contribution >= 0.6 is 0 Å². The topological polar surface area (TPSA) is 112 Å². The molecule has 1 aromatic rings. The molecule has 0 aromatic carbocycles. The molecule has 8 nitrogen and oxygen atoms in total. The van der Waals surface area contributed by atoms with E-state index in [1.54, 1.807) is 13.8 Å². The fourth-order valence-corrected chi connectivity index (χ4v) is 2.20. The van der Waals surface area contributed by atoms with Gasteiger partial charge in [-0.2, -0.15) is 5.10 Å². The van der Waals surface area contributed by atoms with E-state index in [4.69, 9.17) is 0 Å². The van der Waals surface area contributed by atoms with E-state index in [1.165, 1.54) is 14.1 Å². The van der Waals surface area contributed by atoms with Crippen LogP contribution in [-0.4, -0.2) is 60.4 Å². The number of aromatic nitrogens is 2. The van der Waals surface area contributed by atoms with E-state index in [0.29, 0.717) is 11.3 Å². The van der Waals surface area contributed by atoms with Gasteiger partial charge >= 0.3 is 5.97 Å². The first kappa shape index (κ1) is 16.3. The molecule has 0 aliphatic carbocycles. The molecule has 0 aliphatic rings. The maximum atomic E-state index is 11.6. The molecule has 0 amide bonds. The Morgan fingerprint density at radius 2 is 1.90 bits per heavy atom.